The predicted molar refractivity (Wildman–Crippen MR) is 88.6 cm³/mol. The fourth-order valence-electron chi connectivity index (χ4n) is 2.82. The number of benzene rings is 1. The Morgan fingerprint density at radius 3 is 2.62 bits per heavy atom. The fourth-order valence-corrected chi connectivity index (χ4v) is 3.48. The summed E-state index contributed by atoms with van der Waals surface area (Å²) in [4.78, 5) is 2.37. The summed E-state index contributed by atoms with van der Waals surface area (Å²) < 4.78 is 22.3. The van der Waals surface area contributed by atoms with E-state index in [-0.39, 0.29) is 0 Å². The topological polar surface area (TPSA) is 49.4 Å². The Morgan fingerprint density at radius 2 is 2.00 bits per heavy atom. The van der Waals surface area contributed by atoms with E-state index in [1.54, 1.807) is 0 Å². The van der Waals surface area contributed by atoms with Crippen molar-refractivity contribution in [2.75, 3.05) is 37.0 Å². The summed E-state index contributed by atoms with van der Waals surface area (Å²) in [6.07, 6.45) is 4.29. The van der Waals surface area contributed by atoms with Gasteiger partial charge in [0.25, 0.3) is 0 Å². The lowest BCUT2D eigenvalue weighted by Crippen LogP contribution is -2.39. The molecule has 0 aliphatic carbocycles. The van der Waals surface area contributed by atoms with Crippen molar-refractivity contribution in [3.8, 4) is 0 Å². The van der Waals surface area contributed by atoms with E-state index in [1.165, 1.54) is 17.5 Å². The van der Waals surface area contributed by atoms with Crippen LogP contribution in [-0.4, -0.2) is 51.0 Å². The number of likely N-dealkylation sites (tertiary alicyclic amines) is 1. The highest BCUT2D eigenvalue weighted by Gasteiger charge is 2.19. The first-order valence-electron chi connectivity index (χ1n) is 7.66. The molecule has 0 bridgehead atoms. The van der Waals surface area contributed by atoms with Crippen molar-refractivity contribution in [1.29, 1.82) is 0 Å². The summed E-state index contributed by atoms with van der Waals surface area (Å²) in [7, 11) is -2.82. The lowest BCUT2D eigenvalue weighted by atomic mass is 10.0. The number of nitrogens with one attached hydrogen (secondary N) is 1. The molecule has 0 saturated carbocycles. The minimum atomic E-state index is -2.82. The van der Waals surface area contributed by atoms with Crippen LogP contribution in [0.15, 0.2) is 24.3 Å². The third kappa shape index (κ3) is 6.06. The number of rotatable bonds is 6. The molecule has 0 unspecified atom stereocenters. The number of hydrogen-bond acceptors (Lipinski definition) is 4. The molecule has 1 saturated heterocycles. The lowest BCUT2D eigenvalue weighted by Gasteiger charge is -2.32. The van der Waals surface area contributed by atoms with Gasteiger partial charge in [-0.3, -0.25) is 0 Å². The molecule has 0 atom stereocenters. The number of nitrogens with zero attached hydrogens (tertiary/aromatic N) is 1. The zero-order valence-electron chi connectivity index (χ0n) is 13.0. The van der Waals surface area contributed by atoms with Crippen molar-refractivity contribution in [1.82, 2.24) is 4.90 Å². The lowest BCUT2D eigenvalue weighted by molar-refractivity contribution is 0.220. The van der Waals surface area contributed by atoms with Crippen molar-refractivity contribution in [3.63, 3.8) is 0 Å². The predicted octanol–water partition coefficient (Wildman–Crippen LogP) is 2.31. The summed E-state index contributed by atoms with van der Waals surface area (Å²) in [5, 5.41) is 3.60. The molecule has 0 spiro atoms. The minimum Gasteiger partial charge on any atom is -0.382 e. The molecule has 1 fully saturated rings. The molecule has 0 amide bonds. The highest BCUT2D eigenvalue weighted by atomic mass is 32.2. The van der Waals surface area contributed by atoms with E-state index in [4.69, 9.17) is 0 Å². The summed E-state index contributed by atoms with van der Waals surface area (Å²) in [5.74, 6) is 0.300. The highest BCUT2D eigenvalue weighted by molar-refractivity contribution is 7.90. The van der Waals surface area contributed by atoms with Gasteiger partial charge in [-0.25, -0.2) is 8.42 Å². The first-order valence-corrected chi connectivity index (χ1v) is 9.72. The SMILES string of the molecule is Cc1cccc(NC2CCN(CCCS(C)(=O)=O)CC2)c1. The Bertz CT molecular complexity index is 549. The zero-order valence-corrected chi connectivity index (χ0v) is 13.8. The van der Waals surface area contributed by atoms with Crippen LogP contribution >= 0.6 is 0 Å². The molecular formula is C16H26N2O2S. The second-order valence-electron chi connectivity index (χ2n) is 6.11. The molecule has 2 rings (SSSR count). The average Bonchev–Trinajstić information content (AvgIpc) is 2.39. The van der Waals surface area contributed by atoms with E-state index < -0.39 is 9.84 Å². The number of sulfone groups is 1. The molecule has 1 heterocycles. The molecular weight excluding hydrogens is 284 g/mol. The first-order chi connectivity index (χ1) is 9.92. The van der Waals surface area contributed by atoms with Crippen LogP contribution in [0.4, 0.5) is 5.69 Å². The van der Waals surface area contributed by atoms with Gasteiger partial charge in [-0.05, 0) is 50.4 Å². The smallest absolute Gasteiger partial charge is 0.147 e. The quantitative estimate of drug-likeness (QED) is 0.876. The molecule has 5 heteroatoms. The van der Waals surface area contributed by atoms with Crippen LogP contribution in [0, 0.1) is 6.92 Å². The highest BCUT2D eigenvalue weighted by Crippen LogP contribution is 2.17. The van der Waals surface area contributed by atoms with Gasteiger partial charge >= 0.3 is 0 Å². The zero-order chi connectivity index (χ0) is 15.3. The van der Waals surface area contributed by atoms with Crippen LogP contribution < -0.4 is 5.32 Å². The van der Waals surface area contributed by atoms with Gasteiger partial charge in [-0.1, -0.05) is 12.1 Å². The number of hydrogen-bond donors (Lipinski definition) is 1. The monoisotopic (exact) mass is 310 g/mol. The van der Waals surface area contributed by atoms with Crippen molar-refractivity contribution >= 4 is 15.5 Å². The standard InChI is InChI=1S/C16H26N2O2S/c1-14-5-3-6-16(13-14)17-15-7-10-18(11-8-15)9-4-12-21(2,19)20/h3,5-6,13,15,17H,4,7-12H2,1-2H3. The number of anilines is 1. The van der Waals surface area contributed by atoms with Gasteiger partial charge in [-0.15, -0.1) is 0 Å². The molecule has 0 radical (unpaired) electrons. The van der Waals surface area contributed by atoms with E-state index in [0.29, 0.717) is 11.8 Å². The number of aryl methyl sites for hydroxylation is 1. The maximum absolute atomic E-state index is 11.1. The molecule has 1 aliphatic rings. The summed E-state index contributed by atoms with van der Waals surface area (Å²) >= 11 is 0. The van der Waals surface area contributed by atoms with Gasteiger partial charge in [0.1, 0.15) is 9.84 Å². The first kappa shape index (κ1) is 16.3. The van der Waals surface area contributed by atoms with Crippen molar-refractivity contribution in [2.45, 2.75) is 32.2 Å². The second-order valence-corrected chi connectivity index (χ2v) is 8.37. The Labute approximate surface area is 128 Å². The Balaban J connectivity index is 1.71. The van der Waals surface area contributed by atoms with Crippen molar-refractivity contribution < 1.29 is 8.42 Å². The number of piperidine rings is 1. The van der Waals surface area contributed by atoms with Gasteiger partial charge in [0.2, 0.25) is 0 Å². The Morgan fingerprint density at radius 1 is 1.29 bits per heavy atom. The maximum atomic E-state index is 11.1. The molecule has 21 heavy (non-hydrogen) atoms. The van der Waals surface area contributed by atoms with Gasteiger partial charge in [-0.2, -0.15) is 0 Å². The van der Waals surface area contributed by atoms with Crippen LogP contribution in [0.1, 0.15) is 24.8 Å². The third-order valence-electron chi connectivity index (χ3n) is 3.97. The molecule has 1 aromatic rings. The van der Waals surface area contributed by atoms with E-state index in [2.05, 4.69) is 41.4 Å². The minimum absolute atomic E-state index is 0.300. The van der Waals surface area contributed by atoms with Gasteiger partial charge < -0.3 is 10.2 Å². The molecule has 1 aromatic carbocycles. The van der Waals surface area contributed by atoms with E-state index in [0.717, 1.165) is 38.9 Å². The van der Waals surface area contributed by atoms with Crippen LogP contribution in [0.5, 0.6) is 0 Å². The van der Waals surface area contributed by atoms with Crippen molar-refractivity contribution in [3.05, 3.63) is 29.8 Å². The molecule has 118 valence electrons. The van der Waals surface area contributed by atoms with Crippen molar-refractivity contribution in [2.24, 2.45) is 0 Å². The summed E-state index contributed by atoms with van der Waals surface area (Å²) in [6.45, 7) is 5.10. The molecule has 4 nitrogen and oxygen atoms in total. The van der Waals surface area contributed by atoms with E-state index in [1.807, 2.05) is 0 Å². The van der Waals surface area contributed by atoms with E-state index >= 15 is 0 Å². The third-order valence-corrected chi connectivity index (χ3v) is 5.00. The van der Waals surface area contributed by atoms with Gasteiger partial charge in [0.05, 0.1) is 5.75 Å². The molecule has 1 N–H and O–H groups in total. The summed E-state index contributed by atoms with van der Waals surface area (Å²) in [6, 6.07) is 9.01. The molecule has 1 aliphatic heterocycles. The second kappa shape index (κ2) is 7.27. The Hall–Kier alpha value is -1.07. The van der Waals surface area contributed by atoms with Crippen LogP contribution in [0.25, 0.3) is 0 Å². The van der Waals surface area contributed by atoms with Crippen LogP contribution in [-0.2, 0) is 9.84 Å². The maximum Gasteiger partial charge on any atom is 0.147 e. The normalized spacial score (nSPS) is 17.8. The van der Waals surface area contributed by atoms with Gasteiger partial charge in [0.15, 0.2) is 0 Å². The van der Waals surface area contributed by atoms with Gasteiger partial charge in [0, 0.05) is 31.1 Å². The average molecular weight is 310 g/mol. The fraction of sp³-hybridized carbons (Fsp3) is 0.625. The van der Waals surface area contributed by atoms with Crippen LogP contribution in [0.2, 0.25) is 0 Å². The van der Waals surface area contributed by atoms with Crippen LogP contribution in [0.3, 0.4) is 0 Å². The Kier molecular flexibility index (Phi) is 5.65. The van der Waals surface area contributed by atoms with E-state index in [9.17, 15) is 8.42 Å². The largest absolute Gasteiger partial charge is 0.382 e. The molecule has 0 aromatic heterocycles. The summed E-state index contributed by atoms with van der Waals surface area (Å²) in [5.41, 5.74) is 2.48.